The van der Waals surface area contributed by atoms with Gasteiger partial charge in [0.25, 0.3) is 10.1 Å². The van der Waals surface area contributed by atoms with Gasteiger partial charge in [-0.3, -0.25) is 14.1 Å². The summed E-state index contributed by atoms with van der Waals surface area (Å²) in [4.78, 5) is 25.0. The van der Waals surface area contributed by atoms with Gasteiger partial charge < -0.3 is 10.4 Å². The molecule has 10 heteroatoms. The fraction of sp³-hybridized carbons (Fsp3) is 0.714. The molecule has 0 fully saturated rings. The minimum absolute atomic E-state index is 0.0214. The lowest BCUT2D eigenvalue weighted by molar-refractivity contribution is -0.137. The molecule has 0 radical (unpaired) electrons. The fourth-order valence-electron chi connectivity index (χ4n) is 3.09. The van der Waals surface area contributed by atoms with Crippen LogP contribution >= 0.6 is 23.1 Å². The quantitative estimate of drug-likeness (QED) is 0.135. The molecule has 1 aromatic rings. The number of unbranched alkanes of at least 4 members (excludes halogenated alkanes) is 8. The van der Waals surface area contributed by atoms with Crippen LogP contribution in [-0.2, 0) is 19.7 Å². The van der Waals surface area contributed by atoms with Gasteiger partial charge in [0.2, 0.25) is 5.91 Å². The number of hydrogen-bond acceptors (Lipinski definition) is 6. The van der Waals surface area contributed by atoms with Crippen LogP contribution in [0.2, 0.25) is 0 Å². The van der Waals surface area contributed by atoms with Gasteiger partial charge in [0.15, 0.2) is 0 Å². The van der Waals surface area contributed by atoms with Crippen molar-refractivity contribution in [3.05, 3.63) is 10.9 Å². The molecule has 0 aliphatic rings. The third kappa shape index (κ3) is 15.4. The third-order valence-corrected chi connectivity index (χ3v) is 7.70. The number of amides is 1. The molecule has 0 atom stereocenters. The number of aliphatic carboxylic acids is 1. The number of thiophene rings is 1. The van der Waals surface area contributed by atoms with E-state index in [2.05, 4.69) is 5.32 Å². The molecule has 178 valence electrons. The lowest BCUT2D eigenvalue weighted by atomic mass is 10.1. The number of anilines is 1. The van der Waals surface area contributed by atoms with Gasteiger partial charge in [0.05, 0.1) is 5.75 Å². The van der Waals surface area contributed by atoms with Gasteiger partial charge in [-0.15, -0.1) is 23.1 Å². The van der Waals surface area contributed by atoms with E-state index in [4.69, 9.17) is 9.66 Å². The van der Waals surface area contributed by atoms with Crippen molar-refractivity contribution in [2.75, 3.05) is 16.8 Å². The maximum atomic E-state index is 12.2. The zero-order chi connectivity index (χ0) is 23.1. The number of thioether (sulfide) groups is 1. The van der Waals surface area contributed by atoms with Gasteiger partial charge in [-0.05, 0) is 38.0 Å². The summed E-state index contributed by atoms with van der Waals surface area (Å²) >= 11 is 3.14. The van der Waals surface area contributed by atoms with Crippen LogP contribution in [0.3, 0.4) is 0 Å². The van der Waals surface area contributed by atoms with E-state index in [0.717, 1.165) is 66.1 Å². The van der Waals surface area contributed by atoms with Gasteiger partial charge in [-0.2, -0.15) is 8.42 Å². The molecule has 0 aliphatic heterocycles. The maximum Gasteiger partial charge on any atom is 0.303 e. The van der Waals surface area contributed by atoms with Crippen LogP contribution in [0.1, 0.15) is 81.9 Å². The highest BCUT2D eigenvalue weighted by Gasteiger charge is 2.11. The average molecular weight is 494 g/mol. The molecule has 0 spiro atoms. The molecule has 0 unspecified atom stereocenters. The number of nitrogens with one attached hydrogen (secondary N) is 1. The monoisotopic (exact) mass is 493 g/mol. The number of carboxylic acids is 1. The molecule has 0 aromatic carbocycles. The predicted molar refractivity (Wildman–Crippen MR) is 128 cm³/mol. The Labute approximate surface area is 194 Å². The second kappa shape index (κ2) is 15.7. The Kier molecular flexibility index (Phi) is 14.1. The molecule has 1 heterocycles. The van der Waals surface area contributed by atoms with Crippen LogP contribution in [-0.4, -0.2) is 41.5 Å². The molecule has 1 rings (SSSR count). The molecule has 31 heavy (non-hydrogen) atoms. The summed E-state index contributed by atoms with van der Waals surface area (Å²) in [5, 5.41) is 12.6. The number of aryl methyl sites for hydroxylation is 1. The zero-order valence-corrected chi connectivity index (χ0v) is 20.7. The Balaban J connectivity index is 2.10. The number of carbonyl (C=O) groups is 2. The molecule has 7 nitrogen and oxygen atoms in total. The van der Waals surface area contributed by atoms with Crippen molar-refractivity contribution in [2.45, 2.75) is 88.9 Å². The topological polar surface area (TPSA) is 121 Å². The third-order valence-electron chi connectivity index (χ3n) is 4.67. The summed E-state index contributed by atoms with van der Waals surface area (Å²) in [5.74, 6) is -0.198. The molecule has 0 aliphatic carbocycles. The second-order valence-corrected chi connectivity index (χ2v) is 11.6. The minimum atomic E-state index is -3.82. The van der Waals surface area contributed by atoms with Gasteiger partial charge in [-0.25, -0.2) is 0 Å². The van der Waals surface area contributed by atoms with Crippen molar-refractivity contribution in [3.8, 4) is 0 Å². The van der Waals surface area contributed by atoms with Gasteiger partial charge in [0.1, 0.15) is 5.00 Å². The summed E-state index contributed by atoms with van der Waals surface area (Å²) < 4.78 is 29.9. The number of rotatable bonds is 18. The van der Waals surface area contributed by atoms with E-state index < -0.39 is 16.1 Å². The van der Waals surface area contributed by atoms with E-state index in [9.17, 15) is 18.0 Å². The average Bonchev–Trinajstić information content (AvgIpc) is 3.01. The van der Waals surface area contributed by atoms with Crippen LogP contribution in [0.4, 0.5) is 5.00 Å². The first kappa shape index (κ1) is 27.9. The summed E-state index contributed by atoms with van der Waals surface area (Å²) in [6, 6.07) is 2.04. The first-order valence-corrected chi connectivity index (χ1v) is 14.3. The van der Waals surface area contributed by atoms with E-state index in [-0.39, 0.29) is 18.1 Å². The van der Waals surface area contributed by atoms with Crippen LogP contribution < -0.4 is 5.32 Å². The summed E-state index contributed by atoms with van der Waals surface area (Å²) in [6.07, 6.45) is 9.81. The Morgan fingerprint density at radius 2 is 1.55 bits per heavy atom. The number of hydrogen-bond donors (Lipinski definition) is 3. The van der Waals surface area contributed by atoms with Crippen LogP contribution in [0, 0.1) is 6.92 Å². The molecule has 3 N–H and O–H groups in total. The van der Waals surface area contributed by atoms with E-state index in [1.54, 1.807) is 23.1 Å². The van der Waals surface area contributed by atoms with Crippen molar-refractivity contribution in [1.82, 2.24) is 0 Å². The summed E-state index contributed by atoms with van der Waals surface area (Å²) in [7, 11) is -3.82. The Morgan fingerprint density at radius 1 is 0.968 bits per heavy atom. The van der Waals surface area contributed by atoms with E-state index >= 15 is 0 Å². The van der Waals surface area contributed by atoms with Crippen molar-refractivity contribution < 1.29 is 27.7 Å². The minimum Gasteiger partial charge on any atom is -0.481 e. The number of carbonyl (C=O) groups excluding carboxylic acids is 1. The standard InChI is InChI=1S/C21H35NO6S3/c1-17-16-18(29-14-11-13-20(24)25)21(30-17)22-19(23)12-9-7-5-3-2-4-6-8-10-15-31(26,27)28/h16H,2-15H2,1H3,(H,22,23)(H,24,25)(H,26,27,28). The van der Waals surface area contributed by atoms with Crippen molar-refractivity contribution in [1.29, 1.82) is 0 Å². The zero-order valence-electron chi connectivity index (χ0n) is 18.2. The summed E-state index contributed by atoms with van der Waals surface area (Å²) in [5.41, 5.74) is 0. The highest BCUT2D eigenvalue weighted by Crippen LogP contribution is 2.36. The van der Waals surface area contributed by atoms with Crippen molar-refractivity contribution in [2.24, 2.45) is 0 Å². The normalized spacial score (nSPS) is 11.5. The lowest BCUT2D eigenvalue weighted by Gasteiger charge is -2.06. The highest BCUT2D eigenvalue weighted by molar-refractivity contribution is 7.99. The molecular formula is C21H35NO6S3. The van der Waals surface area contributed by atoms with Crippen LogP contribution in [0.5, 0.6) is 0 Å². The van der Waals surface area contributed by atoms with Crippen molar-refractivity contribution >= 4 is 50.1 Å². The van der Waals surface area contributed by atoms with Crippen LogP contribution in [0.25, 0.3) is 0 Å². The molecule has 0 saturated carbocycles. The Hall–Kier alpha value is -1.10. The summed E-state index contributed by atoms with van der Waals surface area (Å²) in [6.45, 7) is 2.00. The smallest absolute Gasteiger partial charge is 0.303 e. The predicted octanol–water partition coefficient (Wildman–Crippen LogP) is 5.74. The highest BCUT2D eigenvalue weighted by atomic mass is 32.2. The fourth-order valence-corrected chi connectivity index (χ4v) is 5.81. The van der Waals surface area contributed by atoms with Gasteiger partial charge >= 0.3 is 5.97 Å². The molecule has 1 amide bonds. The van der Waals surface area contributed by atoms with E-state index in [1.165, 1.54) is 0 Å². The SMILES string of the molecule is Cc1cc(SCCCC(=O)O)c(NC(=O)CCCCCCCCCCCS(=O)(=O)O)s1. The maximum absolute atomic E-state index is 12.2. The molecule has 1 aromatic heterocycles. The lowest BCUT2D eigenvalue weighted by Crippen LogP contribution is -2.10. The Bertz CT molecular complexity index is 776. The largest absolute Gasteiger partial charge is 0.481 e. The molecular weight excluding hydrogens is 458 g/mol. The van der Waals surface area contributed by atoms with Crippen LogP contribution in [0.15, 0.2) is 11.0 Å². The van der Waals surface area contributed by atoms with Gasteiger partial charge in [-0.1, -0.05) is 44.9 Å². The Morgan fingerprint density at radius 3 is 2.13 bits per heavy atom. The second-order valence-electron chi connectivity index (χ2n) is 7.66. The first-order chi connectivity index (χ1) is 14.7. The van der Waals surface area contributed by atoms with Crippen molar-refractivity contribution in [3.63, 3.8) is 0 Å². The van der Waals surface area contributed by atoms with E-state index in [1.807, 2.05) is 13.0 Å². The molecule has 0 bridgehead atoms. The molecule has 0 saturated heterocycles. The van der Waals surface area contributed by atoms with E-state index in [0.29, 0.717) is 25.0 Å². The number of carboxylic acid groups (broad SMARTS) is 1. The van der Waals surface area contributed by atoms with Gasteiger partial charge in [0, 0.05) is 22.6 Å². The first-order valence-electron chi connectivity index (χ1n) is 10.9.